The van der Waals surface area contributed by atoms with E-state index in [9.17, 15) is 0 Å². The van der Waals surface area contributed by atoms with Gasteiger partial charge in [0.15, 0.2) is 0 Å². The van der Waals surface area contributed by atoms with E-state index in [1.807, 2.05) is 6.07 Å². The Morgan fingerprint density at radius 3 is 2.62 bits per heavy atom. The zero-order valence-corrected chi connectivity index (χ0v) is 14.9. The number of hydrogen-bond donors (Lipinski definition) is 1. The Kier molecular flexibility index (Phi) is 6.12. The van der Waals surface area contributed by atoms with Crippen molar-refractivity contribution in [1.82, 2.24) is 0 Å². The van der Waals surface area contributed by atoms with Crippen molar-refractivity contribution in [2.24, 2.45) is 11.7 Å². The van der Waals surface area contributed by atoms with Crippen LogP contribution in [0.15, 0.2) is 22.7 Å². The van der Waals surface area contributed by atoms with Crippen LogP contribution in [0.25, 0.3) is 0 Å². The molecule has 1 aliphatic carbocycles. The summed E-state index contributed by atoms with van der Waals surface area (Å²) < 4.78 is 6.30. The highest BCUT2D eigenvalue weighted by molar-refractivity contribution is 9.10. The lowest BCUT2D eigenvalue weighted by molar-refractivity contribution is 0.221. The molecule has 1 aromatic rings. The van der Waals surface area contributed by atoms with Gasteiger partial charge in [0.2, 0.25) is 0 Å². The van der Waals surface area contributed by atoms with Gasteiger partial charge in [-0.05, 0) is 71.6 Å². The van der Waals surface area contributed by atoms with Crippen LogP contribution in [-0.2, 0) is 6.42 Å². The normalized spacial score (nSPS) is 25.8. The average molecular weight is 354 g/mol. The lowest BCUT2D eigenvalue weighted by Crippen LogP contribution is -2.45. The minimum atomic E-state index is -0.0171. The van der Waals surface area contributed by atoms with E-state index < -0.39 is 0 Å². The van der Waals surface area contributed by atoms with Gasteiger partial charge in [0.1, 0.15) is 5.75 Å². The standard InChI is InChI=1S/C18H28BrNO/c1-3-4-5-14-8-10-18(20,11-9-14)13-15-6-7-17(21-2)16(19)12-15/h6-7,12,14H,3-5,8-11,13,20H2,1-2H3. The van der Waals surface area contributed by atoms with Crippen molar-refractivity contribution in [1.29, 1.82) is 0 Å². The maximum Gasteiger partial charge on any atom is 0.133 e. The van der Waals surface area contributed by atoms with Crippen LogP contribution in [-0.4, -0.2) is 12.6 Å². The van der Waals surface area contributed by atoms with Crippen LogP contribution < -0.4 is 10.5 Å². The minimum Gasteiger partial charge on any atom is -0.496 e. The molecule has 0 spiro atoms. The average Bonchev–Trinajstić information content (AvgIpc) is 2.47. The molecule has 0 radical (unpaired) electrons. The predicted molar refractivity (Wildman–Crippen MR) is 92.8 cm³/mol. The maximum absolute atomic E-state index is 6.66. The van der Waals surface area contributed by atoms with Gasteiger partial charge in [0.05, 0.1) is 11.6 Å². The highest BCUT2D eigenvalue weighted by Crippen LogP contribution is 2.36. The van der Waals surface area contributed by atoms with Gasteiger partial charge in [-0.25, -0.2) is 0 Å². The second-order valence-electron chi connectivity index (χ2n) is 6.59. The quantitative estimate of drug-likeness (QED) is 0.773. The van der Waals surface area contributed by atoms with Crippen molar-refractivity contribution in [2.45, 2.75) is 63.8 Å². The van der Waals surface area contributed by atoms with Gasteiger partial charge in [-0.15, -0.1) is 0 Å². The molecule has 0 unspecified atom stereocenters. The molecular weight excluding hydrogens is 326 g/mol. The molecule has 0 aromatic heterocycles. The smallest absolute Gasteiger partial charge is 0.133 e. The van der Waals surface area contributed by atoms with Crippen LogP contribution in [0.4, 0.5) is 0 Å². The number of nitrogens with two attached hydrogens (primary N) is 1. The Morgan fingerprint density at radius 1 is 1.33 bits per heavy atom. The number of hydrogen-bond acceptors (Lipinski definition) is 2. The van der Waals surface area contributed by atoms with E-state index in [0.29, 0.717) is 0 Å². The van der Waals surface area contributed by atoms with Crippen molar-refractivity contribution in [3.63, 3.8) is 0 Å². The fourth-order valence-electron chi connectivity index (χ4n) is 3.44. The minimum absolute atomic E-state index is 0.0171. The molecule has 1 saturated carbocycles. The Balaban J connectivity index is 1.92. The van der Waals surface area contributed by atoms with Gasteiger partial charge in [-0.3, -0.25) is 0 Å². The van der Waals surface area contributed by atoms with E-state index in [0.717, 1.165) is 35.4 Å². The van der Waals surface area contributed by atoms with E-state index in [2.05, 4.69) is 35.0 Å². The fraction of sp³-hybridized carbons (Fsp3) is 0.667. The third-order valence-electron chi connectivity index (χ3n) is 4.84. The number of ether oxygens (including phenoxy) is 1. The fourth-order valence-corrected chi connectivity index (χ4v) is 4.03. The lowest BCUT2D eigenvalue weighted by Gasteiger charge is -2.37. The third kappa shape index (κ3) is 4.72. The highest BCUT2D eigenvalue weighted by Gasteiger charge is 2.31. The zero-order chi connectivity index (χ0) is 15.3. The molecule has 1 fully saturated rings. The molecule has 0 bridgehead atoms. The summed E-state index contributed by atoms with van der Waals surface area (Å²) in [6.45, 7) is 2.28. The van der Waals surface area contributed by atoms with Crippen molar-refractivity contribution < 1.29 is 4.74 Å². The molecule has 1 aliphatic rings. The summed E-state index contributed by atoms with van der Waals surface area (Å²) >= 11 is 3.56. The number of methoxy groups -OCH3 is 1. The van der Waals surface area contributed by atoms with Gasteiger partial charge >= 0.3 is 0 Å². The molecule has 0 saturated heterocycles. The van der Waals surface area contributed by atoms with Gasteiger partial charge in [0.25, 0.3) is 0 Å². The Labute approximate surface area is 137 Å². The molecule has 2 N–H and O–H groups in total. The first-order valence-corrected chi connectivity index (χ1v) is 8.97. The second-order valence-corrected chi connectivity index (χ2v) is 7.45. The van der Waals surface area contributed by atoms with Crippen LogP contribution in [0.3, 0.4) is 0 Å². The van der Waals surface area contributed by atoms with E-state index in [1.54, 1.807) is 7.11 Å². The first-order chi connectivity index (χ1) is 10.1. The Morgan fingerprint density at radius 2 is 2.05 bits per heavy atom. The summed E-state index contributed by atoms with van der Waals surface area (Å²) in [7, 11) is 1.70. The molecule has 2 nitrogen and oxygen atoms in total. The van der Waals surface area contributed by atoms with Crippen molar-refractivity contribution in [3.8, 4) is 5.75 Å². The number of halogens is 1. The van der Waals surface area contributed by atoms with Crippen LogP contribution >= 0.6 is 15.9 Å². The van der Waals surface area contributed by atoms with Gasteiger partial charge < -0.3 is 10.5 Å². The summed E-state index contributed by atoms with van der Waals surface area (Å²) in [5.74, 6) is 1.79. The zero-order valence-electron chi connectivity index (χ0n) is 13.3. The molecule has 3 heteroatoms. The van der Waals surface area contributed by atoms with Crippen LogP contribution in [0.5, 0.6) is 5.75 Å². The first kappa shape index (κ1) is 16.8. The Bertz CT molecular complexity index is 453. The summed E-state index contributed by atoms with van der Waals surface area (Å²) in [6.07, 6.45) is 9.95. The summed E-state index contributed by atoms with van der Waals surface area (Å²) in [6, 6.07) is 6.31. The molecule has 0 amide bonds. The van der Waals surface area contributed by atoms with Gasteiger partial charge in [-0.1, -0.05) is 32.3 Å². The molecular formula is C18H28BrNO. The van der Waals surface area contributed by atoms with Crippen LogP contribution in [0.2, 0.25) is 0 Å². The number of unbranched alkanes of at least 4 members (excludes halogenated alkanes) is 1. The predicted octanol–water partition coefficient (Wildman–Crippen LogP) is 5.08. The second kappa shape index (κ2) is 7.64. The lowest BCUT2D eigenvalue weighted by atomic mass is 9.73. The van der Waals surface area contributed by atoms with Crippen molar-refractivity contribution in [3.05, 3.63) is 28.2 Å². The van der Waals surface area contributed by atoms with E-state index >= 15 is 0 Å². The first-order valence-electron chi connectivity index (χ1n) is 8.17. The SMILES string of the molecule is CCCCC1CCC(N)(Cc2ccc(OC)c(Br)c2)CC1. The largest absolute Gasteiger partial charge is 0.496 e. The van der Waals surface area contributed by atoms with Crippen molar-refractivity contribution in [2.75, 3.05) is 7.11 Å². The number of benzene rings is 1. The van der Waals surface area contributed by atoms with Gasteiger partial charge in [-0.2, -0.15) is 0 Å². The topological polar surface area (TPSA) is 35.2 Å². The Hall–Kier alpha value is -0.540. The van der Waals surface area contributed by atoms with E-state index in [-0.39, 0.29) is 5.54 Å². The van der Waals surface area contributed by atoms with Crippen LogP contribution in [0, 0.1) is 5.92 Å². The molecule has 21 heavy (non-hydrogen) atoms. The highest BCUT2D eigenvalue weighted by atomic mass is 79.9. The third-order valence-corrected chi connectivity index (χ3v) is 5.46. The van der Waals surface area contributed by atoms with E-state index in [4.69, 9.17) is 10.5 Å². The monoisotopic (exact) mass is 353 g/mol. The molecule has 0 atom stereocenters. The van der Waals surface area contributed by atoms with Crippen molar-refractivity contribution >= 4 is 15.9 Å². The van der Waals surface area contributed by atoms with Crippen LogP contribution in [0.1, 0.15) is 57.4 Å². The van der Waals surface area contributed by atoms with E-state index in [1.165, 1.54) is 37.7 Å². The number of rotatable bonds is 6. The maximum atomic E-state index is 6.66. The molecule has 0 heterocycles. The molecule has 0 aliphatic heterocycles. The summed E-state index contributed by atoms with van der Waals surface area (Å²) in [5.41, 5.74) is 7.94. The van der Waals surface area contributed by atoms with Gasteiger partial charge in [0, 0.05) is 5.54 Å². The molecule has 2 rings (SSSR count). The summed E-state index contributed by atoms with van der Waals surface area (Å²) in [5, 5.41) is 0. The molecule has 118 valence electrons. The summed E-state index contributed by atoms with van der Waals surface area (Å²) in [4.78, 5) is 0. The molecule has 1 aromatic carbocycles.